The molecule has 0 aromatic carbocycles. The summed E-state index contributed by atoms with van der Waals surface area (Å²) in [5, 5.41) is 0. The molecule has 6 nitrogen and oxygen atoms in total. The lowest BCUT2D eigenvalue weighted by atomic mass is 10.0. The number of ether oxygens (including phenoxy) is 3. The Hall–Kier alpha value is -1.59. The van der Waals surface area contributed by atoms with Gasteiger partial charge in [-0.1, -0.05) is 234 Å². The minimum atomic E-state index is -0.760. The van der Waals surface area contributed by atoms with Gasteiger partial charge in [0.1, 0.15) is 13.2 Å². The van der Waals surface area contributed by atoms with E-state index in [-0.39, 0.29) is 31.1 Å². The van der Waals surface area contributed by atoms with Gasteiger partial charge in [0.15, 0.2) is 6.10 Å². The molecule has 0 N–H and O–H groups in total. The molecule has 0 aliphatic rings. The fourth-order valence-corrected chi connectivity index (χ4v) is 7.46. The summed E-state index contributed by atoms with van der Waals surface area (Å²) in [7, 11) is 0. The van der Waals surface area contributed by atoms with Crippen molar-refractivity contribution >= 4 is 17.9 Å². The fourth-order valence-electron chi connectivity index (χ4n) is 7.46. The number of hydrogen-bond donors (Lipinski definition) is 0. The summed E-state index contributed by atoms with van der Waals surface area (Å²) >= 11 is 0. The van der Waals surface area contributed by atoms with Gasteiger partial charge in [0, 0.05) is 19.3 Å². The largest absolute Gasteiger partial charge is 0.462 e. The molecule has 1 atom stereocenters. The van der Waals surface area contributed by atoms with Crippen molar-refractivity contribution in [2.75, 3.05) is 13.2 Å². The average molecular weight is 793 g/mol. The molecule has 56 heavy (non-hydrogen) atoms. The molecule has 0 bridgehead atoms. The third-order valence-corrected chi connectivity index (χ3v) is 11.2. The number of esters is 3. The number of rotatable bonds is 44. The van der Waals surface area contributed by atoms with Crippen LogP contribution in [0.15, 0.2) is 0 Å². The Kier molecular flexibility index (Phi) is 41.8. The van der Waals surface area contributed by atoms with Gasteiger partial charge < -0.3 is 14.2 Å². The van der Waals surface area contributed by atoms with E-state index < -0.39 is 6.10 Å². The Bertz CT molecular complexity index is 854. The van der Waals surface area contributed by atoms with Crippen LogP contribution >= 0.6 is 0 Å². The summed E-state index contributed by atoms with van der Waals surface area (Å²) in [6, 6.07) is 0. The molecule has 0 aromatic heterocycles. The molecule has 0 fully saturated rings. The van der Waals surface area contributed by atoms with Gasteiger partial charge in [-0.25, -0.2) is 0 Å². The first-order valence-corrected chi connectivity index (χ1v) is 24.7. The molecule has 0 radical (unpaired) electrons. The van der Waals surface area contributed by atoms with E-state index in [9.17, 15) is 14.4 Å². The molecule has 0 rings (SSSR count). The number of hydrogen-bond acceptors (Lipinski definition) is 6. The predicted molar refractivity (Wildman–Crippen MR) is 238 cm³/mol. The van der Waals surface area contributed by atoms with Crippen molar-refractivity contribution in [1.29, 1.82) is 0 Å². The second-order valence-electron chi connectivity index (χ2n) is 18.1. The van der Waals surface area contributed by atoms with Crippen LogP contribution in [0.4, 0.5) is 0 Å². The lowest BCUT2D eigenvalue weighted by molar-refractivity contribution is -0.167. The Morgan fingerprint density at radius 1 is 0.339 bits per heavy atom. The summed E-state index contributed by atoms with van der Waals surface area (Å²) in [6.45, 7) is 11.3. The van der Waals surface area contributed by atoms with Crippen molar-refractivity contribution in [3.8, 4) is 0 Å². The summed E-state index contributed by atoms with van der Waals surface area (Å²) in [6.07, 6.45) is 42.4. The standard InChI is InChI=1S/C50H96O6/c1-6-7-8-9-23-30-35-40-48(51)54-43-47(44-55-49(52)41-36-31-26-21-18-17-20-25-29-34-39-46(4)5)56-50(53)42-37-32-27-22-16-14-12-10-11-13-15-19-24-28-33-38-45(2)3/h45-47H,6-44H2,1-5H3/t47-/m0/s1. The Morgan fingerprint density at radius 2 is 0.589 bits per heavy atom. The third-order valence-electron chi connectivity index (χ3n) is 11.2. The molecule has 0 saturated heterocycles. The van der Waals surface area contributed by atoms with Crippen LogP contribution in [0.25, 0.3) is 0 Å². The highest BCUT2D eigenvalue weighted by atomic mass is 16.6. The first kappa shape index (κ1) is 54.4. The van der Waals surface area contributed by atoms with E-state index in [2.05, 4.69) is 34.6 Å². The molecule has 0 saturated carbocycles. The van der Waals surface area contributed by atoms with Crippen LogP contribution in [0.5, 0.6) is 0 Å². The zero-order chi connectivity index (χ0) is 41.2. The molecule has 0 aliphatic heterocycles. The van der Waals surface area contributed by atoms with Gasteiger partial charge in [0.05, 0.1) is 0 Å². The minimum Gasteiger partial charge on any atom is -0.462 e. The van der Waals surface area contributed by atoms with Gasteiger partial charge in [-0.15, -0.1) is 0 Å². The summed E-state index contributed by atoms with van der Waals surface area (Å²) < 4.78 is 16.7. The predicted octanol–water partition coefficient (Wildman–Crippen LogP) is 15.8. The molecule has 0 aliphatic carbocycles. The van der Waals surface area contributed by atoms with Crippen LogP contribution in [0.3, 0.4) is 0 Å². The van der Waals surface area contributed by atoms with Crippen LogP contribution < -0.4 is 0 Å². The average Bonchev–Trinajstić information content (AvgIpc) is 3.16. The van der Waals surface area contributed by atoms with Crippen LogP contribution in [-0.2, 0) is 28.6 Å². The van der Waals surface area contributed by atoms with Crippen molar-refractivity contribution in [2.45, 2.75) is 278 Å². The van der Waals surface area contributed by atoms with Crippen molar-refractivity contribution < 1.29 is 28.6 Å². The van der Waals surface area contributed by atoms with E-state index in [4.69, 9.17) is 14.2 Å². The molecule has 0 amide bonds. The maximum atomic E-state index is 12.7. The number of carbonyl (C=O) groups excluding carboxylic acids is 3. The highest BCUT2D eigenvalue weighted by Crippen LogP contribution is 2.17. The molecule has 0 aromatic rings. The quantitative estimate of drug-likeness (QED) is 0.0347. The van der Waals surface area contributed by atoms with Crippen molar-refractivity contribution in [3.63, 3.8) is 0 Å². The minimum absolute atomic E-state index is 0.0646. The molecular formula is C50H96O6. The maximum Gasteiger partial charge on any atom is 0.306 e. The van der Waals surface area contributed by atoms with Crippen LogP contribution in [0.1, 0.15) is 272 Å². The summed E-state index contributed by atoms with van der Waals surface area (Å²) in [4.78, 5) is 37.7. The van der Waals surface area contributed by atoms with E-state index in [0.29, 0.717) is 19.3 Å². The van der Waals surface area contributed by atoms with Crippen molar-refractivity contribution in [1.82, 2.24) is 0 Å². The van der Waals surface area contributed by atoms with Crippen LogP contribution in [-0.4, -0.2) is 37.2 Å². The zero-order valence-electron chi connectivity index (χ0n) is 38.3. The topological polar surface area (TPSA) is 78.9 Å². The zero-order valence-corrected chi connectivity index (χ0v) is 38.3. The highest BCUT2D eigenvalue weighted by molar-refractivity contribution is 5.71. The van der Waals surface area contributed by atoms with Crippen LogP contribution in [0, 0.1) is 11.8 Å². The summed E-state index contributed by atoms with van der Waals surface area (Å²) in [5.41, 5.74) is 0. The summed E-state index contributed by atoms with van der Waals surface area (Å²) in [5.74, 6) is 0.809. The monoisotopic (exact) mass is 793 g/mol. The SMILES string of the molecule is CCCCCCCCCC(=O)OC[C@@H](COC(=O)CCCCCCCCCCCCC(C)C)OC(=O)CCCCCCCCCCCCCCCCCC(C)C. The van der Waals surface area contributed by atoms with E-state index in [1.807, 2.05) is 0 Å². The van der Waals surface area contributed by atoms with E-state index in [0.717, 1.165) is 69.6 Å². The maximum absolute atomic E-state index is 12.7. The highest BCUT2D eigenvalue weighted by Gasteiger charge is 2.19. The second kappa shape index (κ2) is 43.0. The smallest absolute Gasteiger partial charge is 0.306 e. The molecule has 332 valence electrons. The van der Waals surface area contributed by atoms with Gasteiger partial charge in [-0.3, -0.25) is 14.4 Å². The van der Waals surface area contributed by atoms with E-state index in [1.165, 1.54) is 161 Å². The van der Waals surface area contributed by atoms with Crippen molar-refractivity contribution in [3.05, 3.63) is 0 Å². The van der Waals surface area contributed by atoms with Crippen LogP contribution in [0.2, 0.25) is 0 Å². The third kappa shape index (κ3) is 43.5. The number of carbonyl (C=O) groups is 3. The molecule has 6 heteroatoms. The lowest BCUT2D eigenvalue weighted by Crippen LogP contribution is -2.30. The molecule has 0 spiro atoms. The number of unbranched alkanes of at least 4 members (excludes halogenated alkanes) is 29. The van der Waals surface area contributed by atoms with E-state index in [1.54, 1.807) is 0 Å². The lowest BCUT2D eigenvalue weighted by Gasteiger charge is -2.18. The normalized spacial score (nSPS) is 12.1. The van der Waals surface area contributed by atoms with E-state index >= 15 is 0 Å². The molecule has 0 heterocycles. The van der Waals surface area contributed by atoms with Gasteiger partial charge in [0.2, 0.25) is 0 Å². The van der Waals surface area contributed by atoms with Gasteiger partial charge in [-0.2, -0.15) is 0 Å². The Balaban J connectivity index is 4.21. The van der Waals surface area contributed by atoms with Gasteiger partial charge in [-0.05, 0) is 31.1 Å². The molecule has 0 unspecified atom stereocenters. The first-order chi connectivity index (χ1) is 27.2. The second-order valence-corrected chi connectivity index (χ2v) is 18.1. The fraction of sp³-hybridized carbons (Fsp3) is 0.940. The van der Waals surface area contributed by atoms with Gasteiger partial charge >= 0.3 is 17.9 Å². The first-order valence-electron chi connectivity index (χ1n) is 24.7. The van der Waals surface area contributed by atoms with Gasteiger partial charge in [0.25, 0.3) is 0 Å². The van der Waals surface area contributed by atoms with Crippen molar-refractivity contribution in [2.24, 2.45) is 11.8 Å². The Labute approximate surface area is 348 Å². The molecular weight excluding hydrogens is 697 g/mol. The Morgan fingerprint density at radius 3 is 0.875 bits per heavy atom.